The number of pyridine rings is 1. The lowest BCUT2D eigenvalue weighted by Gasteiger charge is -2.20. The Morgan fingerprint density at radius 1 is 1.24 bits per heavy atom. The van der Waals surface area contributed by atoms with Gasteiger partial charge in [-0.25, -0.2) is 9.37 Å². The SMILES string of the molecule is Nc1ccc(/C=C/C(=O)NCC[C@@H]2[C@H]3CN(C(=O)c4cccc(F)c4)C[C@@H]23)cn1. The Morgan fingerprint density at radius 3 is 2.72 bits per heavy atom. The number of nitrogens with two attached hydrogens (primary N) is 1. The average Bonchev–Trinajstić information content (AvgIpc) is 3.16. The highest BCUT2D eigenvalue weighted by atomic mass is 19.1. The summed E-state index contributed by atoms with van der Waals surface area (Å²) in [6.07, 6.45) is 5.70. The van der Waals surface area contributed by atoms with Crippen LogP contribution in [0.1, 0.15) is 22.3 Å². The zero-order chi connectivity index (χ0) is 20.4. The number of hydrogen-bond donors (Lipinski definition) is 2. The van der Waals surface area contributed by atoms with E-state index in [-0.39, 0.29) is 11.8 Å². The first-order chi connectivity index (χ1) is 14.0. The van der Waals surface area contributed by atoms with Crippen molar-refractivity contribution in [2.24, 2.45) is 17.8 Å². The Kier molecular flexibility index (Phi) is 5.29. The van der Waals surface area contributed by atoms with Crippen molar-refractivity contribution in [2.45, 2.75) is 6.42 Å². The van der Waals surface area contributed by atoms with Crippen molar-refractivity contribution in [1.82, 2.24) is 15.2 Å². The number of benzene rings is 1. The van der Waals surface area contributed by atoms with Gasteiger partial charge in [0.2, 0.25) is 5.91 Å². The molecule has 4 rings (SSSR count). The lowest BCUT2D eigenvalue weighted by Crippen LogP contribution is -2.32. The van der Waals surface area contributed by atoms with Gasteiger partial charge in [-0.15, -0.1) is 0 Å². The van der Waals surface area contributed by atoms with Crippen molar-refractivity contribution in [1.29, 1.82) is 0 Å². The normalized spacial score (nSPS) is 22.5. The van der Waals surface area contributed by atoms with E-state index in [4.69, 9.17) is 5.73 Å². The van der Waals surface area contributed by atoms with E-state index in [9.17, 15) is 14.0 Å². The fourth-order valence-electron chi connectivity index (χ4n) is 4.16. The minimum atomic E-state index is -0.393. The number of anilines is 1. The highest BCUT2D eigenvalue weighted by molar-refractivity contribution is 5.94. The Morgan fingerprint density at radius 2 is 2.03 bits per heavy atom. The molecule has 0 radical (unpaired) electrons. The molecule has 6 nitrogen and oxygen atoms in total. The second-order valence-corrected chi connectivity index (χ2v) is 7.64. The molecule has 1 aromatic carbocycles. The topological polar surface area (TPSA) is 88.3 Å². The van der Waals surface area contributed by atoms with Gasteiger partial charge in [-0.3, -0.25) is 9.59 Å². The highest BCUT2D eigenvalue weighted by Gasteiger charge is 2.55. The molecular formula is C22H23FN4O2. The quantitative estimate of drug-likeness (QED) is 0.736. The molecule has 2 aromatic rings. The van der Waals surface area contributed by atoms with E-state index in [0.29, 0.717) is 48.8 Å². The number of hydrogen-bond acceptors (Lipinski definition) is 4. The predicted octanol–water partition coefficient (Wildman–Crippen LogP) is 2.34. The molecule has 2 aliphatic rings. The maximum Gasteiger partial charge on any atom is 0.253 e. The molecule has 1 saturated carbocycles. The zero-order valence-corrected chi connectivity index (χ0v) is 15.9. The van der Waals surface area contributed by atoms with Gasteiger partial charge in [0.15, 0.2) is 0 Å². The van der Waals surface area contributed by atoms with Crippen LogP contribution < -0.4 is 11.1 Å². The zero-order valence-electron chi connectivity index (χ0n) is 15.9. The average molecular weight is 394 g/mol. The van der Waals surface area contributed by atoms with Crippen molar-refractivity contribution in [2.75, 3.05) is 25.4 Å². The standard InChI is InChI=1S/C22H23FN4O2/c23-16-3-1-2-15(10-16)22(29)27-12-18-17(19(18)13-27)8-9-25-21(28)7-5-14-4-6-20(24)26-11-14/h1-7,10-11,17-19H,8-9,12-13H2,(H2,24,26)(H,25,28)/b7-5+/t17-,18-,19+. The lowest BCUT2D eigenvalue weighted by atomic mass is 10.1. The first-order valence-electron chi connectivity index (χ1n) is 9.73. The molecule has 29 heavy (non-hydrogen) atoms. The van der Waals surface area contributed by atoms with Crippen LogP contribution in [0.4, 0.5) is 10.2 Å². The number of amides is 2. The Bertz CT molecular complexity index is 932. The maximum absolute atomic E-state index is 13.3. The van der Waals surface area contributed by atoms with Crippen LogP contribution in [0.2, 0.25) is 0 Å². The van der Waals surface area contributed by atoms with Gasteiger partial charge in [-0.1, -0.05) is 6.07 Å². The van der Waals surface area contributed by atoms with Crippen molar-refractivity contribution in [3.8, 4) is 0 Å². The molecule has 3 N–H and O–H groups in total. The van der Waals surface area contributed by atoms with Crippen molar-refractivity contribution in [3.63, 3.8) is 0 Å². The largest absolute Gasteiger partial charge is 0.384 e. The number of likely N-dealkylation sites (tertiary alicyclic amines) is 1. The number of carbonyl (C=O) groups is 2. The van der Waals surface area contributed by atoms with Gasteiger partial charge < -0.3 is 16.0 Å². The van der Waals surface area contributed by atoms with Crippen molar-refractivity contribution >= 4 is 23.7 Å². The molecule has 0 spiro atoms. The van der Waals surface area contributed by atoms with Crippen molar-refractivity contribution in [3.05, 3.63) is 65.6 Å². The number of nitrogens with one attached hydrogen (secondary N) is 1. The minimum absolute atomic E-state index is 0.106. The lowest BCUT2D eigenvalue weighted by molar-refractivity contribution is -0.116. The van der Waals surface area contributed by atoms with E-state index in [1.807, 2.05) is 4.90 Å². The summed E-state index contributed by atoms with van der Waals surface area (Å²) in [6, 6.07) is 9.32. The van der Waals surface area contributed by atoms with Crippen LogP contribution in [0, 0.1) is 23.6 Å². The van der Waals surface area contributed by atoms with Gasteiger partial charge in [-0.05, 0) is 66.1 Å². The monoisotopic (exact) mass is 394 g/mol. The molecule has 1 aliphatic heterocycles. The molecule has 1 aromatic heterocycles. The van der Waals surface area contributed by atoms with E-state index in [0.717, 1.165) is 12.0 Å². The Hall–Kier alpha value is -3.22. The van der Waals surface area contributed by atoms with E-state index >= 15 is 0 Å². The number of carbonyl (C=O) groups excluding carboxylic acids is 2. The molecular weight excluding hydrogens is 371 g/mol. The summed E-state index contributed by atoms with van der Waals surface area (Å²) in [7, 11) is 0. The second kappa shape index (κ2) is 8.03. The maximum atomic E-state index is 13.3. The van der Waals surface area contributed by atoms with E-state index in [1.54, 1.807) is 36.5 Å². The smallest absolute Gasteiger partial charge is 0.253 e. The molecule has 3 atom stereocenters. The van der Waals surface area contributed by atoms with E-state index in [1.165, 1.54) is 18.2 Å². The first kappa shape index (κ1) is 19.1. The van der Waals surface area contributed by atoms with Gasteiger partial charge >= 0.3 is 0 Å². The third-order valence-electron chi connectivity index (χ3n) is 5.74. The van der Waals surface area contributed by atoms with Crippen LogP contribution in [0.15, 0.2) is 48.7 Å². The van der Waals surface area contributed by atoms with Gasteiger partial charge in [0, 0.05) is 37.5 Å². The first-order valence-corrected chi connectivity index (χ1v) is 9.73. The summed E-state index contributed by atoms with van der Waals surface area (Å²) >= 11 is 0. The molecule has 2 amide bonds. The summed E-state index contributed by atoms with van der Waals surface area (Å²) in [5, 5.41) is 2.90. The van der Waals surface area contributed by atoms with Gasteiger partial charge in [0.25, 0.3) is 5.91 Å². The molecule has 2 heterocycles. The van der Waals surface area contributed by atoms with Crippen molar-refractivity contribution < 1.29 is 14.0 Å². The van der Waals surface area contributed by atoms with Crippen LogP contribution in [-0.4, -0.2) is 41.3 Å². The highest BCUT2D eigenvalue weighted by Crippen LogP contribution is 2.53. The fraction of sp³-hybridized carbons (Fsp3) is 0.318. The molecule has 2 fully saturated rings. The summed E-state index contributed by atoms with van der Waals surface area (Å²) in [5.41, 5.74) is 6.75. The summed E-state index contributed by atoms with van der Waals surface area (Å²) in [4.78, 5) is 30.2. The number of fused-ring (bicyclic) bond motifs is 1. The summed E-state index contributed by atoms with van der Waals surface area (Å²) in [6.45, 7) is 2.03. The molecule has 7 heteroatoms. The fourth-order valence-corrected chi connectivity index (χ4v) is 4.16. The van der Waals surface area contributed by atoms with Crippen LogP contribution >= 0.6 is 0 Å². The second-order valence-electron chi connectivity index (χ2n) is 7.64. The minimum Gasteiger partial charge on any atom is -0.384 e. The molecule has 0 bridgehead atoms. The van der Waals surface area contributed by atoms with Crippen LogP contribution in [0.25, 0.3) is 6.08 Å². The van der Waals surface area contributed by atoms with Crippen LogP contribution in [0.3, 0.4) is 0 Å². The number of halogens is 1. The van der Waals surface area contributed by atoms with Gasteiger partial charge in [0.05, 0.1) is 0 Å². The summed E-state index contributed by atoms with van der Waals surface area (Å²) in [5.74, 6) is 1.31. The Balaban J connectivity index is 1.18. The third-order valence-corrected chi connectivity index (χ3v) is 5.74. The van der Waals surface area contributed by atoms with E-state index < -0.39 is 5.82 Å². The molecule has 1 saturated heterocycles. The van der Waals surface area contributed by atoms with Crippen LogP contribution in [-0.2, 0) is 4.79 Å². The number of nitrogens with zero attached hydrogens (tertiary/aromatic N) is 2. The Labute approximate surface area is 168 Å². The van der Waals surface area contributed by atoms with Gasteiger partial charge in [0.1, 0.15) is 11.6 Å². The number of aromatic nitrogens is 1. The van der Waals surface area contributed by atoms with Crippen LogP contribution in [0.5, 0.6) is 0 Å². The van der Waals surface area contributed by atoms with Gasteiger partial charge in [-0.2, -0.15) is 0 Å². The third kappa shape index (κ3) is 4.45. The number of rotatable bonds is 6. The molecule has 1 aliphatic carbocycles. The van der Waals surface area contributed by atoms with E-state index in [2.05, 4.69) is 10.3 Å². The summed E-state index contributed by atoms with van der Waals surface area (Å²) < 4.78 is 13.3. The molecule has 0 unspecified atom stereocenters. The number of piperidine rings is 1. The number of nitrogen functional groups attached to an aromatic ring is 1. The predicted molar refractivity (Wildman–Crippen MR) is 108 cm³/mol. The molecule has 150 valence electrons.